The van der Waals surface area contributed by atoms with Crippen molar-refractivity contribution in [1.82, 2.24) is 9.88 Å². The number of halogens is 1. The molecule has 0 aliphatic rings. The molecule has 2 rings (SSSR count). The Morgan fingerprint density at radius 3 is 2.40 bits per heavy atom. The second-order valence-corrected chi connectivity index (χ2v) is 4.58. The molecule has 106 valence electrons. The van der Waals surface area contributed by atoms with E-state index in [1.807, 2.05) is 26.0 Å². The van der Waals surface area contributed by atoms with E-state index in [0.717, 1.165) is 23.4 Å². The Morgan fingerprint density at radius 1 is 1.10 bits per heavy atom. The van der Waals surface area contributed by atoms with Crippen LogP contribution in [0.2, 0.25) is 0 Å². The molecule has 0 saturated carbocycles. The Kier molecular flexibility index (Phi) is 4.69. The van der Waals surface area contributed by atoms with E-state index in [1.165, 1.54) is 12.1 Å². The lowest BCUT2D eigenvalue weighted by atomic mass is 10.1. The second-order valence-electron chi connectivity index (χ2n) is 4.58. The smallest absolute Gasteiger partial charge is 0.255 e. The number of benzene rings is 1. The van der Waals surface area contributed by atoms with Crippen molar-refractivity contribution in [3.05, 3.63) is 58.1 Å². The maximum Gasteiger partial charge on any atom is 0.255 e. The van der Waals surface area contributed by atoms with Crippen LogP contribution in [0.4, 0.5) is 4.39 Å². The molecular weight excluding hydrogens is 255 g/mol. The van der Waals surface area contributed by atoms with E-state index >= 15 is 0 Å². The van der Waals surface area contributed by atoms with Crippen molar-refractivity contribution in [2.75, 3.05) is 6.54 Å². The molecule has 0 radical (unpaired) electrons. The zero-order chi connectivity index (χ0) is 14.5. The van der Waals surface area contributed by atoms with Gasteiger partial charge in [-0.05, 0) is 49.4 Å². The molecule has 1 aromatic carbocycles. The third-order valence-corrected chi connectivity index (χ3v) is 3.27. The van der Waals surface area contributed by atoms with Crippen molar-refractivity contribution in [1.29, 1.82) is 0 Å². The molecule has 1 heterocycles. The summed E-state index contributed by atoms with van der Waals surface area (Å²) >= 11 is 0. The molecule has 4 heteroatoms. The standard InChI is InChI=1S/C16H19FN2O/c1-3-18-11-13-7-10-15(19(4-2)16(13)20)12-5-8-14(17)9-6-12/h5-10,18H,3-4,11H2,1-2H3. The Labute approximate surface area is 118 Å². The van der Waals surface area contributed by atoms with Crippen LogP contribution in [0.25, 0.3) is 11.3 Å². The molecule has 0 fully saturated rings. The summed E-state index contributed by atoms with van der Waals surface area (Å²) in [5, 5.41) is 3.16. The molecule has 0 aliphatic heterocycles. The summed E-state index contributed by atoms with van der Waals surface area (Å²) < 4.78 is 14.7. The molecule has 20 heavy (non-hydrogen) atoms. The van der Waals surface area contributed by atoms with Crippen LogP contribution in [-0.2, 0) is 13.1 Å². The van der Waals surface area contributed by atoms with E-state index in [-0.39, 0.29) is 11.4 Å². The topological polar surface area (TPSA) is 34.0 Å². The van der Waals surface area contributed by atoms with Gasteiger partial charge in [0.1, 0.15) is 5.82 Å². The Bertz CT molecular complexity index is 632. The van der Waals surface area contributed by atoms with Gasteiger partial charge in [0.15, 0.2) is 0 Å². The summed E-state index contributed by atoms with van der Waals surface area (Å²) in [6, 6.07) is 9.97. The van der Waals surface area contributed by atoms with E-state index in [1.54, 1.807) is 16.7 Å². The van der Waals surface area contributed by atoms with Crippen LogP contribution in [0.15, 0.2) is 41.2 Å². The van der Waals surface area contributed by atoms with Crippen molar-refractivity contribution < 1.29 is 4.39 Å². The predicted octanol–water partition coefficient (Wildman–Crippen LogP) is 2.78. The molecule has 3 nitrogen and oxygen atoms in total. The molecule has 0 aliphatic carbocycles. The first kappa shape index (κ1) is 14.5. The molecular formula is C16H19FN2O. The van der Waals surface area contributed by atoms with Crippen LogP contribution in [-0.4, -0.2) is 11.1 Å². The minimum Gasteiger partial charge on any atom is -0.313 e. The lowest BCUT2D eigenvalue weighted by Crippen LogP contribution is -2.27. The first-order valence-electron chi connectivity index (χ1n) is 6.86. The number of hydrogen-bond acceptors (Lipinski definition) is 2. The van der Waals surface area contributed by atoms with Crippen molar-refractivity contribution in [2.24, 2.45) is 0 Å². The Morgan fingerprint density at radius 2 is 1.80 bits per heavy atom. The van der Waals surface area contributed by atoms with E-state index in [9.17, 15) is 9.18 Å². The van der Waals surface area contributed by atoms with Gasteiger partial charge in [-0.15, -0.1) is 0 Å². The maximum absolute atomic E-state index is 13.0. The first-order chi connectivity index (χ1) is 9.67. The average molecular weight is 274 g/mol. The number of hydrogen-bond donors (Lipinski definition) is 1. The minimum atomic E-state index is -0.275. The van der Waals surface area contributed by atoms with Gasteiger partial charge >= 0.3 is 0 Å². The molecule has 0 bridgehead atoms. The Balaban J connectivity index is 2.47. The number of rotatable bonds is 5. The number of pyridine rings is 1. The van der Waals surface area contributed by atoms with Crippen LogP contribution in [0.3, 0.4) is 0 Å². The number of aromatic nitrogens is 1. The van der Waals surface area contributed by atoms with Crippen molar-refractivity contribution >= 4 is 0 Å². The highest BCUT2D eigenvalue weighted by Crippen LogP contribution is 2.18. The van der Waals surface area contributed by atoms with Crippen LogP contribution < -0.4 is 10.9 Å². The normalized spacial score (nSPS) is 10.8. The lowest BCUT2D eigenvalue weighted by Gasteiger charge is -2.13. The van der Waals surface area contributed by atoms with Crippen LogP contribution in [0.5, 0.6) is 0 Å². The summed E-state index contributed by atoms with van der Waals surface area (Å²) in [6.45, 7) is 5.92. The third-order valence-electron chi connectivity index (χ3n) is 3.27. The van der Waals surface area contributed by atoms with Crippen molar-refractivity contribution in [2.45, 2.75) is 26.9 Å². The Hall–Kier alpha value is -1.94. The molecule has 1 N–H and O–H groups in total. The minimum absolute atomic E-state index is 0.00951. The third kappa shape index (κ3) is 2.96. The van der Waals surface area contributed by atoms with Crippen LogP contribution in [0.1, 0.15) is 19.4 Å². The number of nitrogens with zero attached hydrogens (tertiary/aromatic N) is 1. The van der Waals surface area contributed by atoms with Gasteiger partial charge in [-0.2, -0.15) is 0 Å². The van der Waals surface area contributed by atoms with Gasteiger partial charge in [0.05, 0.1) is 5.69 Å². The van der Waals surface area contributed by atoms with E-state index in [2.05, 4.69) is 5.32 Å². The summed E-state index contributed by atoms with van der Waals surface area (Å²) in [4.78, 5) is 12.4. The fourth-order valence-electron chi connectivity index (χ4n) is 2.20. The van der Waals surface area contributed by atoms with Gasteiger partial charge in [-0.1, -0.05) is 13.0 Å². The number of nitrogens with one attached hydrogen (secondary N) is 1. The van der Waals surface area contributed by atoms with Gasteiger partial charge in [0.25, 0.3) is 5.56 Å². The van der Waals surface area contributed by atoms with Gasteiger partial charge in [0, 0.05) is 18.7 Å². The maximum atomic E-state index is 13.0. The van der Waals surface area contributed by atoms with Gasteiger partial charge in [-0.3, -0.25) is 4.79 Å². The summed E-state index contributed by atoms with van der Waals surface area (Å²) in [6.07, 6.45) is 0. The molecule has 0 amide bonds. The SMILES string of the molecule is CCNCc1ccc(-c2ccc(F)cc2)n(CC)c1=O. The summed E-state index contributed by atoms with van der Waals surface area (Å²) in [5.41, 5.74) is 2.42. The molecule has 1 aromatic heterocycles. The van der Waals surface area contributed by atoms with Crippen LogP contribution in [0, 0.1) is 5.82 Å². The van der Waals surface area contributed by atoms with Crippen molar-refractivity contribution in [3.63, 3.8) is 0 Å². The van der Waals surface area contributed by atoms with Gasteiger partial charge in [-0.25, -0.2) is 4.39 Å². The highest BCUT2D eigenvalue weighted by atomic mass is 19.1. The lowest BCUT2D eigenvalue weighted by molar-refractivity contribution is 0.628. The fraction of sp³-hybridized carbons (Fsp3) is 0.312. The fourth-order valence-corrected chi connectivity index (χ4v) is 2.20. The van der Waals surface area contributed by atoms with Gasteiger partial charge < -0.3 is 9.88 Å². The summed E-state index contributed by atoms with van der Waals surface area (Å²) in [7, 11) is 0. The van der Waals surface area contributed by atoms with Gasteiger partial charge in [0.2, 0.25) is 0 Å². The zero-order valence-electron chi connectivity index (χ0n) is 11.8. The van der Waals surface area contributed by atoms with Crippen LogP contribution >= 0.6 is 0 Å². The predicted molar refractivity (Wildman–Crippen MR) is 79.2 cm³/mol. The van der Waals surface area contributed by atoms with E-state index < -0.39 is 0 Å². The zero-order valence-corrected chi connectivity index (χ0v) is 11.8. The van der Waals surface area contributed by atoms with E-state index in [4.69, 9.17) is 0 Å². The highest BCUT2D eigenvalue weighted by Gasteiger charge is 2.09. The highest BCUT2D eigenvalue weighted by molar-refractivity contribution is 5.59. The molecule has 0 spiro atoms. The quantitative estimate of drug-likeness (QED) is 0.909. The molecule has 0 atom stereocenters. The monoisotopic (exact) mass is 274 g/mol. The largest absolute Gasteiger partial charge is 0.313 e. The second kappa shape index (κ2) is 6.48. The summed E-state index contributed by atoms with van der Waals surface area (Å²) in [5.74, 6) is -0.275. The first-order valence-corrected chi connectivity index (χ1v) is 6.86. The molecule has 2 aromatic rings. The molecule has 0 saturated heterocycles. The van der Waals surface area contributed by atoms with E-state index in [0.29, 0.717) is 13.1 Å². The average Bonchev–Trinajstić information content (AvgIpc) is 2.46. The molecule has 0 unspecified atom stereocenters. The van der Waals surface area contributed by atoms with Crippen molar-refractivity contribution in [3.8, 4) is 11.3 Å².